The first-order chi connectivity index (χ1) is 13.6. The summed E-state index contributed by atoms with van der Waals surface area (Å²) < 4.78 is 0. The van der Waals surface area contributed by atoms with Crippen molar-refractivity contribution in [1.29, 1.82) is 0 Å². The Hall–Kier alpha value is -2.40. The predicted molar refractivity (Wildman–Crippen MR) is 117 cm³/mol. The van der Waals surface area contributed by atoms with Gasteiger partial charge in [-0.2, -0.15) is 0 Å². The van der Waals surface area contributed by atoms with Gasteiger partial charge < -0.3 is 20.0 Å². The Labute approximate surface area is 171 Å². The van der Waals surface area contributed by atoms with Crippen LogP contribution in [0.15, 0.2) is 42.5 Å². The molecule has 4 rings (SSSR count). The van der Waals surface area contributed by atoms with Gasteiger partial charge in [0, 0.05) is 61.4 Å². The normalized spacial score (nSPS) is 17.1. The zero-order valence-electron chi connectivity index (χ0n) is 16.3. The Bertz CT molecular complexity index is 825. The molecular weight excluding hydrogens is 372 g/mol. The number of hydrogen-bond donors (Lipinski definition) is 1. The summed E-state index contributed by atoms with van der Waals surface area (Å²) >= 11 is 5.99. The first kappa shape index (κ1) is 18.9. The number of aryl methyl sites for hydroxylation is 1. The van der Waals surface area contributed by atoms with Crippen LogP contribution in [0.2, 0.25) is 5.02 Å². The number of urea groups is 1. The number of nitrogens with zero attached hydrogens (tertiary/aromatic N) is 3. The highest BCUT2D eigenvalue weighted by atomic mass is 35.5. The molecule has 2 aromatic carbocycles. The van der Waals surface area contributed by atoms with Crippen molar-refractivity contribution >= 4 is 34.7 Å². The van der Waals surface area contributed by atoms with Crippen molar-refractivity contribution in [2.45, 2.75) is 19.8 Å². The molecule has 0 bridgehead atoms. The zero-order chi connectivity index (χ0) is 19.5. The molecule has 2 heterocycles. The highest BCUT2D eigenvalue weighted by molar-refractivity contribution is 6.30. The van der Waals surface area contributed by atoms with Crippen LogP contribution in [0.5, 0.6) is 0 Å². The largest absolute Gasteiger partial charge is 0.372 e. The molecule has 0 saturated carbocycles. The van der Waals surface area contributed by atoms with Crippen LogP contribution in [-0.2, 0) is 0 Å². The van der Waals surface area contributed by atoms with E-state index >= 15 is 0 Å². The summed E-state index contributed by atoms with van der Waals surface area (Å²) in [6.07, 6.45) is 2.59. The van der Waals surface area contributed by atoms with Crippen molar-refractivity contribution in [1.82, 2.24) is 4.90 Å². The van der Waals surface area contributed by atoms with E-state index in [0.717, 1.165) is 24.3 Å². The van der Waals surface area contributed by atoms with Crippen LogP contribution in [0.1, 0.15) is 18.4 Å². The van der Waals surface area contributed by atoms with Gasteiger partial charge in [-0.25, -0.2) is 4.79 Å². The standard InChI is InChI=1S/C22H27ClN4O/c1-17-16-18(23)4-9-21(17)24-22(28)27-14-12-26(13-15-27)20-7-5-19(6-8-20)25-10-2-3-11-25/h4-9,16H,2-3,10-15H2,1H3,(H,24,28). The smallest absolute Gasteiger partial charge is 0.321 e. The fourth-order valence-corrected chi connectivity index (χ4v) is 4.21. The fourth-order valence-electron chi connectivity index (χ4n) is 3.98. The molecule has 0 atom stereocenters. The molecule has 2 saturated heterocycles. The van der Waals surface area contributed by atoms with Crippen LogP contribution in [0.3, 0.4) is 0 Å². The number of amides is 2. The maximum atomic E-state index is 12.6. The van der Waals surface area contributed by atoms with E-state index in [-0.39, 0.29) is 6.03 Å². The van der Waals surface area contributed by atoms with Crippen molar-refractivity contribution in [3.05, 3.63) is 53.1 Å². The second kappa shape index (κ2) is 8.31. The number of benzene rings is 2. The fraction of sp³-hybridized carbons (Fsp3) is 0.409. The van der Waals surface area contributed by atoms with E-state index in [4.69, 9.17) is 11.6 Å². The number of hydrogen-bond acceptors (Lipinski definition) is 3. The van der Waals surface area contributed by atoms with Crippen LogP contribution >= 0.6 is 11.6 Å². The number of rotatable bonds is 3. The highest BCUT2D eigenvalue weighted by Gasteiger charge is 2.22. The van der Waals surface area contributed by atoms with Gasteiger partial charge in [-0.05, 0) is 67.8 Å². The van der Waals surface area contributed by atoms with E-state index in [1.165, 1.54) is 37.3 Å². The van der Waals surface area contributed by atoms with E-state index in [1.54, 1.807) is 6.07 Å². The first-order valence-electron chi connectivity index (χ1n) is 10.0. The van der Waals surface area contributed by atoms with E-state index in [0.29, 0.717) is 18.1 Å². The van der Waals surface area contributed by atoms with E-state index < -0.39 is 0 Å². The van der Waals surface area contributed by atoms with Crippen molar-refractivity contribution in [3.63, 3.8) is 0 Å². The summed E-state index contributed by atoms with van der Waals surface area (Å²) in [6, 6.07) is 14.3. The third-order valence-corrected chi connectivity index (χ3v) is 5.92. The molecule has 2 aliphatic heterocycles. The van der Waals surface area contributed by atoms with Gasteiger partial charge in [0.2, 0.25) is 0 Å². The molecule has 0 aliphatic carbocycles. The summed E-state index contributed by atoms with van der Waals surface area (Å²) in [6.45, 7) is 7.40. The minimum Gasteiger partial charge on any atom is -0.372 e. The van der Waals surface area contributed by atoms with Crippen molar-refractivity contribution < 1.29 is 4.79 Å². The molecule has 2 aliphatic rings. The average Bonchev–Trinajstić information content (AvgIpc) is 3.25. The van der Waals surface area contributed by atoms with Crippen molar-refractivity contribution in [2.75, 3.05) is 54.4 Å². The molecule has 148 valence electrons. The van der Waals surface area contributed by atoms with Gasteiger partial charge in [-0.15, -0.1) is 0 Å². The summed E-state index contributed by atoms with van der Waals surface area (Å²) in [7, 11) is 0. The van der Waals surface area contributed by atoms with Crippen molar-refractivity contribution in [3.8, 4) is 0 Å². The Morgan fingerprint density at radius 2 is 1.43 bits per heavy atom. The Morgan fingerprint density at radius 1 is 0.857 bits per heavy atom. The van der Waals surface area contributed by atoms with Crippen LogP contribution in [-0.4, -0.2) is 50.2 Å². The lowest BCUT2D eigenvalue weighted by atomic mass is 10.2. The number of piperazine rings is 1. The maximum absolute atomic E-state index is 12.6. The second-order valence-electron chi connectivity index (χ2n) is 7.57. The molecule has 0 aromatic heterocycles. The quantitative estimate of drug-likeness (QED) is 0.820. The van der Waals surface area contributed by atoms with Gasteiger partial charge in [0.15, 0.2) is 0 Å². The van der Waals surface area contributed by atoms with Crippen LogP contribution < -0.4 is 15.1 Å². The molecule has 28 heavy (non-hydrogen) atoms. The van der Waals surface area contributed by atoms with Crippen LogP contribution in [0.25, 0.3) is 0 Å². The predicted octanol–water partition coefficient (Wildman–Crippen LogP) is 4.60. The van der Waals surface area contributed by atoms with E-state index in [9.17, 15) is 4.79 Å². The number of carbonyl (C=O) groups is 1. The Kier molecular flexibility index (Phi) is 5.62. The molecule has 0 unspecified atom stereocenters. The molecular formula is C22H27ClN4O. The SMILES string of the molecule is Cc1cc(Cl)ccc1NC(=O)N1CCN(c2ccc(N3CCCC3)cc2)CC1. The average molecular weight is 399 g/mol. The van der Waals surface area contributed by atoms with Crippen LogP contribution in [0, 0.1) is 6.92 Å². The molecule has 1 N–H and O–H groups in total. The molecule has 2 amide bonds. The van der Waals surface area contributed by atoms with Gasteiger partial charge >= 0.3 is 6.03 Å². The Morgan fingerprint density at radius 3 is 2.00 bits per heavy atom. The lowest BCUT2D eigenvalue weighted by molar-refractivity contribution is 0.208. The maximum Gasteiger partial charge on any atom is 0.321 e. The first-order valence-corrected chi connectivity index (χ1v) is 10.4. The number of halogens is 1. The number of nitrogens with one attached hydrogen (secondary N) is 1. The minimum atomic E-state index is -0.0468. The molecule has 5 nitrogen and oxygen atoms in total. The molecule has 6 heteroatoms. The third kappa shape index (κ3) is 4.20. The Balaban J connectivity index is 1.32. The summed E-state index contributed by atoms with van der Waals surface area (Å²) in [5.74, 6) is 0. The molecule has 0 spiro atoms. The summed E-state index contributed by atoms with van der Waals surface area (Å²) in [5, 5.41) is 3.69. The summed E-state index contributed by atoms with van der Waals surface area (Å²) in [4.78, 5) is 19.3. The lowest BCUT2D eigenvalue weighted by Gasteiger charge is -2.36. The highest BCUT2D eigenvalue weighted by Crippen LogP contribution is 2.25. The molecule has 0 radical (unpaired) electrons. The topological polar surface area (TPSA) is 38.8 Å². The molecule has 2 fully saturated rings. The lowest BCUT2D eigenvalue weighted by Crippen LogP contribution is -2.50. The van der Waals surface area contributed by atoms with Gasteiger partial charge in [-0.1, -0.05) is 11.6 Å². The minimum absolute atomic E-state index is 0.0468. The van der Waals surface area contributed by atoms with E-state index in [1.807, 2.05) is 24.0 Å². The number of carbonyl (C=O) groups excluding carboxylic acids is 1. The van der Waals surface area contributed by atoms with Crippen LogP contribution in [0.4, 0.5) is 21.9 Å². The monoisotopic (exact) mass is 398 g/mol. The van der Waals surface area contributed by atoms with Crippen molar-refractivity contribution in [2.24, 2.45) is 0 Å². The number of anilines is 3. The zero-order valence-corrected chi connectivity index (χ0v) is 17.1. The second-order valence-corrected chi connectivity index (χ2v) is 8.01. The van der Waals surface area contributed by atoms with E-state index in [2.05, 4.69) is 39.4 Å². The molecule has 2 aromatic rings. The van der Waals surface area contributed by atoms with Gasteiger partial charge in [-0.3, -0.25) is 0 Å². The summed E-state index contributed by atoms with van der Waals surface area (Å²) in [5.41, 5.74) is 4.33. The van der Waals surface area contributed by atoms with Gasteiger partial charge in [0.05, 0.1) is 0 Å². The van der Waals surface area contributed by atoms with Gasteiger partial charge in [0.25, 0.3) is 0 Å². The van der Waals surface area contributed by atoms with Gasteiger partial charge in [0.1, 0.15) is 0 Å². The third-order valence-electron chi connectivity index (χ3n) is 5.68.